The molecule has 1 aromatic rings. The Bertz CT molecular complexity index is 603. The summed E-state index contributed by atoms with van der Waals surface area (Å²) >= 11 is 1.45. The predicted molar refractivity (Wildman–Crippen MR) is 77.5 cm³/mol. The number of thiazole rings is 1. The van der Waals surface area contributed by atoms with Crippen molar-refractivity contribution in [2.45, 2.75) is 39.8 Å². The van der Waals surface area contributed by atoms with Gasteiger partial charge in [-0.1, -0.05) is 0 Å². The largest absolute Gasteiger partial charge is 0.368 e. The zero-order valence-corrected chi connectivity index (χ0v) is 13.3. The zero-order chi connectivity index (χ0) is 15.9. The Balaban J connectivity index is 2.26. The lowest BCUT2D eigenvalue weighted by molar-refractivity contribution is -0.132. The number of hydrogen-bond acceptors (Lipinski definition) is 5. The first-order valence-corrected chi connectivity index (χ1v) is 7.31. The fourth-order valence-electron chi connectivity index (χ4n) is 2.22. The van der Waals surface area contributed by atoms with E-state index in [0.29, 0.717) is 5.01 Å². The van der Waals surface area contributed by atoms with Gasteiger partial charge in [0.25, 0.3) is 5.91 Å². The summed E-state index contributed by atoms with van der Waals surface area (Å²) in [6.07, 6.45) is 0. The lowest BCUT2D eigenvalue weighted by Crippen LogP contribution is -2.47. The van der Waals surface area contributed by atoms with E-state index in [1.165, 1.54) is 16.2 Å². The SMILES string of the molecule is Cc1nc(CN2C(=O)N(CC(N)=O)C(C)(C)C2=O)sc1C. The third-order valence-electron chi connectivity index (χ3n) is 3.59. The molecule has 2 heterocycles. The van der Waals surface area contributed by atoms with E-state index >= 15 is 0 Å². The Morgan fingerprint density at radius 2 is 1.95 bits per heavy atom. The number of urea groups is 1. The molecule has 1 aromatic heterocycles. The van der Waals surface area contributed by atoms with Crippen LogP contribution in [0.3, 0.4) is 0 Å². The molecule has 1 saturated heterocycles. The van der Waals surface area contributed by atoms with Crippen LogP contribution in [-0.4, -0.2) is 44.7 Å². The summed E-state index contributed by atoms with van der Waals surface area (Å²) < 4.78 is 0. The summed E-state index contributed by atoms with van der Waals surface area (Å²) in [4.78, 5) is 43.6. The smallest absolute Gasteiger partial charge is 0.328 e. The van der Waals surface area contributed by atoms with Crippen LogP contribution < -0.4 is 5.73 Å². The van der Waals surface area contributed by atoms with Gasteiger partial charge in [-0.3, -0.25) is 14.5 Å². The molecule has 7 nitrogen and oxygen atoms in total. The second-order valence-electron chi connectivity index (χ2n) is 5.53. The van der Waals surface area contributed by atoms with Gasteiger partial charge in [0, 0.05) is 4.88 Å². The summed E-state index contributed by atoms with van der Waals surface area (Å²) in [7, 11) is 0. The molecule has 21 heavy (non-hydrogen) atoms. The molecular formula is C13H18N4O3S. The van der Waals surface area contributed by atoms with Gasteiger partial charge in [-0.05, 0) is 27.7 Å². The molecule has 1 aliphatic rings. The Morgan fingerprint density at radius 1 is 1.33 bits per heavy atom. The first-order chi connectivity index (χ1) is 9.64. The van der Waals surface area contributed by atoms with Gasteiger partial charge in [0.05, 0.1) is 12.2 Å². The summed E-state index contributed by atoms with van der Waals surface area (Å²) in [5.74, 6) is -0.994. The Kier molecular flexibility index (Phi) is 3.75. The number of carbonyl (C=O) groups is 3. The Labute approximate surface area is 126 Å². The number of hydrogen-bond donors (Lipinski definition) is 1. The van der Waals surface area contributed by atoms with Crippen LogP contribution in [0.2, 0.25) is 0 Å². The summed E-state index contributed by atoms with van der Waals surface area (Å²) in [5, 5.41) is 0.698. The van der Waals surface area contributed by atoms with Crippen molar-refractivity contribution in [3.63, 3.8) is 0 Å². The van der Waals surface area contributed by atoms with Crippen LogP contribution in [0.5, 0.6) is 0 Å². The van der Waals surface area contributed by atoms with Crippen LogP contribution in [-0.2, 0) is 16.1 Å². The van der Waals surface area contributed by atoms with E-state index in [0.717, 1.165) is 15.5 Å². The minimum Gasteiger partial charge on any atom is -0.368 e. The van der Waals surface area contributed by atoms with E-state index in [2.05, 4.69) is 4.98 Å². The van der Waals surface area contributed by atoms with E-state index < -0.39 is 17.5 Å². The molecule has 0 spiro atoms. The molecule has 2 N–H and O–H groups in total. The normalized spacial score (nSPS) is 17.7. The van der Waals surface area contributed by atoms with Gasteiger partial charge in [-0.25, -0.2) is 9.78 Å². The third kappa shape index (κ3) is 2.63. The number of nitrogens with two attached hydrogens (primary N) is 1. The van der Waals surface area contributed by atoms with E-state index in [1.54, 1.807) is 13.8 Å². The fraction of sp³-hybridized carbons (Fsp3) is 0.538. The highest BCUT2D eigenvalue weighted by molar-refractivity contribution is 7.11. The molecule has 8 heteroatoms. The number of aryl methyl sites for hydroxylation is 2. The van der Waals surface area contributed by atoms with Gasteiger partial charge in [-0.15, -0.1) is 11.3 Å². The molecule has 2 rings (SSSR count). The lowest BCUT2D eigenvalue weighted by Gasteiger charge is -2.26. The predicted octanol–water partition coefficient (Wildman–Crippen LogP) is 0.788. The van der Waals surface area contributed by atoms with Crippen molar-refractivity contribution >= 4 is 29.2 Å². The van der Waals surface area contributed by atoms with E-state index in [-0.39, 0.29) is 19.0 Å². The van der Waals surface area contributed by atoms with Crippen molar-refractivity contribution in [2.75, 3.05) is 6.54 Å². The number of primary amides is 1. The number of rotatable bonds is 4. The molecule has 114 valence electrons. The molecule has 0 saturated carbocycles. The van der Waals surface area contributed by atoms with Crippen LogP contribution in [0, 0.1) is 13.8 Å². The highest BCUT2D eigenvalue weighted by Gasteiger charge is 2.51. The van der Waals surface area contributed by atoms with Gasteiger partial charge in [-0.2, -0.15) is 0 Å². The van der Waals surface area contributed by atoms with Crippen molar-refractivity contribution in [3.8, 4) is 0 Å². The monoisotopic (exact) mass is 310 g/mol. The highest BCUT2D eigenvalue weighted by atomic mass is 32.1. The van der Waals surface area contributed by atoms with Crippen molar-refractivity contribution in [2.24, 2.45) is 5.73 Å². The number of carbonyl (C=O) groups excluding carboxylic acids is 3. The minimum atomic E-state index is -1.08. The van der Waals surface area contributed by atoms with Crippen LogP contribution >= 0.6 is 11.3 Å². The van der Waals surface area contributed by atoms with Crippen LogP contribution in [0.4, 0.5) is 4.79 Å². The van der Waals surface area contributed by atoms with Gasteiger partial charge in [0.1, 0.15) is 17.1 Å². The maximum Gasteiger partial charge on any atom is 0.328 e. The molecule has 0 unspecified atom stereocenters. The summed E-state index contributed by atoms with van der Waals surface area (Å²) in [5.41, 5.74) is 4.96. The molecule has 0 bridgehead atoms. The van der Waals surface area contributed by atoms with Crippen molar-refractivity contribution in [1.29, 1.82) is 0 Å². The molecule has 0 aliphatic carbocycles. The van der Waals surface area contributed by atoms with Gasteiger partial charge < -0.3 is 10.6 Å². The second kappa shape index (κ2) is 5.10. The standard InChI is InChI=1S/C13H18N4O3S/c1-7-8(2)21-10(15-7)6-16-11(19)13(3,4)17(12(16)20)5-9(14)18/h5-6H2,1-4H3,(H2,14,18). The topological polar surface area (TPSA) is 96.6 Å². The summed E-state index contributed by atoms with van der Waals surface area (Å²) in [6.45, 7) is 6.88. The van der Waals surface area contributed by atoms with E-state index in [4.69, 9.17) is 5.73 Å². The third-order valence-corrected chi connectivity index (χ3v) is 4.64. The van der Waals surface area contributed by atoms with Gasteiger partial charge >= 0.3 is 6.03 Å². The number of imide groups is 1. The number of nitrogens with zero attached hydrogens (tertiary/aromatic N) is 3. The average molecular weight is 310 g/mol. The molecule has 1 aliphatic heterocycles. The molecule has 0 aromatic carbocycles. The number of amides is 4. The van der Waals surface area contributed by atoms with Crippen LogP contribution in [0.1, 0.15) is 29.4 Å². The average Bonchev–Trinajstić information content (AvgIpc) is 2.76. The van der Waals surface area contributed by atoms with Gasteiger partial charge in [0.2, 0.25) is 5.91 Å². The summed E-state index contributed by atoms with van der Waals surface area (Å²) in [6, 6.07) is -0.505. The fourth-order valence-corrected chi connectivity index (χ4v) is 3.14. The van der Waals surface area contributed by atoms with Crippen LogP contribution in [0.25, 0.3) is 0 Å². The first-order valence-electron chi connectivity index (χ1n) is 6.49. The highest BCUT2D eigenvalue weighted by Crippen LogP contribution is 2.29. The Hall–Kier alpha value is -1.96. The molecule has 0 atom stereocenters. The molecule has 4 amide bonds. The van der Waals surface area contributed by atoms with Gasteiger partial charge in [0.15, 0.2) is 0 Å². The minimum absolute atomic E-state index is 0.121. The maximum atomic E-state index is 12.4. The second-order valence-corrected chi connectivity index (χ2v) is 6.82. The molecular weight excluding hydrogens is 292 g/mol. The first kappa shape index (κ1) is 15.4. The van der Waals surface area contributed by atoms with Crippen molar-refractivity contribution < 1.29 is 14.4 Å². The lowest BCUT2D eigenvalue weighted by atomic mass is 10.0. The zero-order valence-electron chi connectivity index (χ0n) is 12.5. The van der Waals surface area contributed by atoms with Crippen molar-refractivity contribution in [3.05, 3.63) is 15.6 Å². The molecule has 1 fully saturated rings. The number of aromatic nitrogens is 1. The quantitative estimate of drug-likeness (QED) is 0.831. The maximum absolute atomic E-state index is 12.4. The van der Waals surface area contributed by atoms with E-state index in [9.17, 15) is 14.4 Å². The van der Waals surface area contributed by atoms with E-state index in [1.807, 2.05) is 13.8 Å². The van der Waals surface area contributed by atoms with Crippen molar-refractivity contribution in [1.82, 2.24) is 14.8 Å². The van der Waals surface area contributed by atoms with Crippen LogP contribution in [0.15, 0.2) is 0 Å². The molecule has 0 radical (unpaired) electrons. The Morgan fingerprint density at radius 3 is 2.43 bits per heavy atom.